The number of nitrogens with zero attached hydrogens (tertiary/aromatic N) is 1. The molecule has 3 aromatic rings. The first-order valence-electron chi connectivity index (χ1n) is 9.38. The van der Waals surface area contributed by atoms with Crippen LogP contribution in [0.1, 0.15) is 25.7 Å². The van der Waals surface area contributed by atoms with E-state index in [-0.39, 0.29) is 0 Å². The van der Waals surface area contributed by atoms with Crippen molar-refractivity contribution in [3.63, 3.8) is 0 Å². The summed E-state index contributed by atoms with van der Waals surface area (Å²) >= 11 is 0. The molecule has 1 aliphatic carbocycles. The summed E-state index contributed by atoms with van der Waals surface area (Å²) in [6, 6.07) is 16.5. The van der Waals surface area contributed by atoms with Crippen LogP contribution in [-0.2, 0) is 0 Å². The highest BCUT2D eigenvalue weighted by molar-refractivity contribution is 5.56. The normalized spacial score (nSPS) is 14.0. The Bertz CT molecular complexity index is 1050. The SMILES string of the molecule is O=c1ccn(-c2ccc(NNc3cccc(OC4CCCC4)c3)cc2)c(=O)[nH]1. The van der Waals surface area contributed by atoms with Crippen LogP contribution in [0.15, 0.2) is 70.4 Å². The molecule has 0 bridgehead atoms. The van der Waals surface area contributed by atoms with Gasteiger partial charge in [-0.15, -0.1) is 0 Å². The molecule has 7 heteroatoms. The third-order valence-electron chi connectivity index (χ3n) is 4.76. The van der Waals surface area contributed by atoms with Crippen LogP contribution in [0, 0.1) is 0 Å². The van der Waals surface area contributed by atoms with Crippen molar-refractivity contribution in [2.45, 2.75) is 31.8 Å². The molecule has 0 atom stereocenters. The summed E-state index contributed by atoms with van der Waals surface area (Å²) in [5.41, 5.74) is 7.81. The van der Waals surface area contributed by atoms with Gasteiger partial charge in [0.25, 0.3) is 5.56 Å². The van der Waals surface area contributed by atoms with Gasteiger partial charge in [0.05, 0.1) is 23.2 Å². The Kier molecular flexibility index (Phi) is 5.14. The zero-order chi connectivity index (χ0) is 19.3. The second-order valence-corrected chi connectivity index (χ2v) is 6.83. The predicted octanol–water partition coefficient (Wildman–Crippen LogP) is 3.29. The van der Waals surface area contributed by atoms with Crippen LogP contribution in [0.25, 0.3) is 5.69 Å². The van der Waals surface area contributed by atoms with Crippen molar-refractivity contribution in [1.29, 1.82) is 0 Å². The van der Waals surface area contributed by atoms with Crippen LogP contribution < -0.4 is 26.8 Å². The summed E-state index contributed by atoms with van der Waals surface area (Å²) in [5.74, 6) is 0.867. The lowest BCUT2D eigenvalue weighted by molar-refractivity contribution is 0.210. The monoisotopic (exact) mass is 378 g/mol. The highest BCUT2D eigenvalue weighted by Crippen LogP contribution is 2.25. The van der Waals surface area contributed by atoms with E-state index >= 15 is 0 Å². The molecule has 1 fully saturated rings. The molecule has 1 heterocycles. The first-order valence-corrected chi connectivity index (χ1v) is 9.38. The Labute approximate surface area is 162 Å². The van der Waals surface area contributed by atoms with Crippen molar-refractivity contribution in [2.24, 2.45) is 0 Å². The topological polar surface area (TPSA) is 88.2 Å². The van der Waals surface area contributed by atoms with Gasteiger partial charge in [-0.3, -0.25) is 14.3 Å². The molecule has 2 aromatic carbocycles. The van der Waals surface area contributed by atoms with Gasteiger partial charge in [-0.2, -0.15) is 0 Å². The molecule has 3 N–H and O–H groups in total. The molecule has 7 nitrogen and oxygen atoms in total. The Hall–Kier alpha value is -3.48. The number of hydrogen-bond acceptors (Lipinski definition) is 5. The minimum absolute atomic E-state index is 0.326. The average molecular weight is 378 g/mol. The Balaban J connectivity index is 1.40. The molecule has 144 valence electrons. The number of H-pyrrole nitrogens is 1. The van der Waals surface area contributed by atoms with Crippen molar-refractivity contribution in [3.05, 3.63) is 81.6 Å². The molecule has 0 aliphatic heterocycles. The molecule has 1 aliphatic rings. The number of aromatic nitrogens is 2. The van der Waals surface area contributed by atoms with Crippen LogP contribution in [-0.4, -0.2) is 15.7 Å². The summed E-state index contributed by atoms with van der Waals surface area (Å²) in [7, 11) is 0. The second-order valence-electron chi connectivity index (χ2n) is 6.83. The number of hydrogen-bond donors (Lipinski definition) is 3. The van der Waals surface area contributed by atoms with Crippen molar-refractivity contribution in [1.82, 2.24) is 9.55 Å². The smallest absolute Gasteiger partial charge is 0.332 e. The third-order valence-corrected chi connectivity index (χ3v) is 4.76. The average Bonchev–Trinajstić information content (AvgIpc) is 3.20. The molecule has 0 spiro atoms. The molecule has 0 amide bonds. The lowest BCUT2D eigenvalue weighted by Gasteiger charge is -2.15. The van der Waals surface area contributed by atoms with Crippen LogP contribution in [0.4, 0.5) is 11.4 Å². The van der Waals surface area contributed by atoms with Crippen LogP contribution in [0.3, 0.4) is 0 Å². The maximum absolute atomic E-state index is 11.9. The van der Waals surface area contributed by atoms with Crippen molar-refractivity contribution in [3.8, 4) is 11.4 Å². The quantitative estimate of drug-likeness (QED) is 0.573. The van der Waals surface area contributed by atoms with Gasteiger partial charge in [-0.25, -0.2) is 4.79 Å². The number of ether oxygens (including phenoxy) is 1. The number of aromatic amines is 1. The van der Waals surface area contributed by atoms with Gasteiger partial charge in [-0.05, 0) is 62.1 Å². The van der Waals surface area contributed by atoms with Crippen molar-refractivity contribution >= 4 is 11.4 Å². The highest BCUT2D eigenvalue weighted by atomic mass is 16.5. The zero-order valence-electron chi connectivity index (χ0n) is 15.4. The van der Waals surface area contributed by atoms with Crippen molar-refractivity contribution < 1.29 is 4.74 Å². The van der Waals surface area contributed by atoms with Gasteiger partial charge in [0, 0.05) is 18.3 Å². The lowest BCUT2D eigenvalue weighted by atomic mass is 10.2. The molecule has 0 unspecified atom stereocenters. The number of benzene rings is 2. The van der Waals surface area contributed by atoms with E-state index in [0.29, 0.717) is 11.8 Å². The number of rotatable bonds is 6. The van der Waals surface area contributed by atoms with E-state index in [2.05, 4.69) is 15.8 Å². The molecule has 1 aromatic heterocycles. The Morgan fingerprint density at radius 3 is 2.43 bits per heavy atom. The molecule has 0 saturated heterocycles. The van der Waals surface area contributed by atoms with E-state index < -0.39 is 11.2 Å². The highest BCUT2D eigenvalue weighted by Gasteiger charge is 2.16. The summed E-state index contributed by atoms with van der Waals surface area (Å²) in [6.45, 7) is 0. The first kappa shape index (κ1) is 17.9. The van der Waals surface area contributed by atoms with Crippen molar-refractivity contribution in [2.75, 3.05) is 10.9 Å². The summed E-state index contributed by atoms with van der Waals surface area (Å²) in [5, 5.41) is 0. The maximum atomic E-state index is 11.9. The fourth-order valence-corrected chi connectivity index (χ4v) is 3.32. The van der Waals surface area contributed by atoms with Gasteiger partial charge < -0.3 is 15.6 Å². The maximum Gasteiger partial charge on any atom is 0.332 e. The molecular weight excluding hydrogens is 356 g/mol. The van der Waals surface area contributed by atoms with E-state index in [4.69, 9.17) is 4.74 Å². The molecule has 0 radical (unpaired) electrons. The second kappa shape index (κ2) is 8.04. The standard InChI is InChI=1S/C21H22N4O3/c26-20-12-13-25(21(27)22-20)17-10-8-15(9-11-17)23-24-16-4-3-7-19(14-16)28-18-5-1-2-6-18/h3-4,7-14,18,23-24H,1-2,5-6H2,(H,22,26,27). The van der Waals surface area contributed by atoms with Gasteiger partial charge in [-0.1, -0.05) is 6.07 Å². The van der Waals surface area contributed by atoms with Gasteiger partial charge >= 0.3 is 5.69 Å². The Morgan fingerprint density at radius 2 is 1.68 bits per heavy atom. The fourth-order valence-electron chi connectivity index (χ4n) is 3.32. The lowest BCUT2D eigenvalue weighted by Crippen LogP contribution is -2.27. The predicted molar refractivity (Wildman–Crippen MR) is 109 cm³/mol. The van der Waals surface area contributed by atoms with E-state index in [9.17, 15) is 9.59 Å². The summed E-state index contributed by atoms with van der Waals surface area (Å²) in [6.07, 6.45) is 6.52. The van der Waals surface area contributed by atoms with E-state index in [1.807, 2.05) is 36.4 Å². The minimum Gasteiger partial charge on any atom is -0.490 e. The largest absolute Gasteiger partial charge is 0.490 e. The van der Waals surface area contributed by atoms with Gasteiger partial charge in [0.2, 0.25) is 0 Å². The summed E-state index contributed by atoms with van der Waals surface area (Å²) in [4.78, 5) is 25.3. The third kappa shape index (κ3) is 4.25. The number of anilines is 2. The minimum atomic E-state index is -0.467. The molecule has 1 saturated carbocycles. The number of hydrazine groups is 1. The molecule has 28 heavy (non-hydrogen) atoms. The van der Waals surface area contributed by atoms with Gasteiger partial charge in [0.15, 0.2) is 0 Å². The zero-order valence-corrected chi connectivity index (χ0v) is 15.4. The van der Waals surface area contributed by atoms with Gasteiger partial charge in [0.1, 0.15) is 5.75 Å². The molecular formula is C21H22N4O3. The van der Waals surface area contributed by atoms with Crippen LogP contribution in [0.2, 0.25) is 0 Å². The summed E-state index contributed by atoms with van der Waals surface area (Å²) < 4.78 is 7.40. The van der Waals surface area contributed by atoms with E-state index in [0.717, 1.165) is 30.0 Å². The van der Waals surface area contributed by atoms with Crippen LogP contribution in [0.5, 0.6) is 5.75 Å². The van der Waals surface area contributed by atoms with E-state index in [1.54, 1.807) is 12.1 Å². The first-order chi connectivity index (χ1) is 13.7. The Morgan fingerprint density at radius 1 is 0.929 bits per heavy atom. The van der Waals surface area contributed by atoms with Crippen LogP contribution >= 0.6 is 0 Å². The van der Waals surface area contributed by atoms with E-state index in [1.165, 1.54) is 29.7 Å². The molecule has 4 rings (SSSR count). The number of nitrogens with one attached hydrogen (secondary N) is 3. The fraction of sp³-hybridized carbons (Fsp3) is 0.238.